The first kappa shape index (κ1) is 7.54. The molecule has 0 aromatic heterocycles. The van der Waals surface area contributed by atoms with Gasteiger partial charge in [-0.25, -0.2) is 0 Å². The molecule has 0 aliphatic heterocycles. The molecular formula is C10H13NO2. The highest BCUT2D eigenvalue weighted by Gasteiger charge is 2.55. The van der Waals surface area contributed by atoms with Gasteiger partial charge in [0, 0.05) is 5.57 Å². The summed E-state index contributed by atoms with van der Waals surface area (Å²) in [6, 6.07) is 0. The molecule has 3 saturated carbocycles. The second-order valence-corrected chi connectivity index (χ2v) is 4.71. The van der Waals surface area contributed by atoms with Gasteiger partial charge < -0.3 is 0 Å². The van der Waals surface area contributed by atoms with Crippen molar-refractivity contribution < 1.29 is 4.92 Å². The molecule has 70 valence electrons. The number of hydrogen-bond donors (Lipinski definition) is 0. The summed E-state index contributed by atoms with van der Waals surface area (Å²) in [5, 5.41) is 10.4. The molecule has 0 radical (unpaired) electrons. The minimum absolute atomic E-state index is 0.267. The Morgan fingerprint density at radius 3 is 2.92 bits per heavy atom. The van der Waals surface area contributed by atoms with Crippen molar-refractivity contribution in [3.8, 4) is 0 Å². The normalized spacial score (nSPS) is 49.1. The van der Waals surface area contributed by atoms with Crippen LogP contribution in [0.15, 0.2) is 11.8 Å². The van der Waals surface area contributed by atoms with Crippen molar-refractivity contribution in [2.24, 2.45) is 23.7 Å². The molecule has 3 nitrogen and oxygen atoms in total. The lowest BCUT2D eigenvalue weighted by Crippen LogP contribution is -2.37. The second-order valence-electron chi connectivity index (χ2n) is 4.71. The van der Waals surface area contributed by atoms with Gasteiger partial charge in [0.15, 0.2) is 0 Å². The van der Waals surface area contributed by atoms with Gasteiger partial charge in [-0.3, -0.25) is 10.1 Å². The van der Waals surface area contributed by atoms with E-state index in [-0.39, 0.29) is 4.92 Å². The van der Waals surface area contributed by atoms with Crippen LogP contribution in [0, 0.1) is 33.8 Å². The predicted octanol–water partition coefficient (Wildman–Crippen LogP) is 2.21. The Labute approximate surface area is 77.0 Å². The maximum absolute atomic E-state index is 10.4. The van der Waals surface area contributed by atoms with Crippen LogP contribution in [0.5, 0.6) is 0 Å². The van der Waals surface area contributed by atoms with E-state index in [0.29, 0.717) is 11.8 Å². The largest absolute Gasteiger partial charge is 0.259 e. The highest BCUT2D eigenvalue weighted by molar-refractivity contribution is 5.26. The molecule has 0 saturated heterocycles. The van der Waals surface area contributed by atoms with Crippen LogP contribution >= 0.6 is 0 Å². The Morgan fingerprint density at radius 2 is 2.15 bits per heavy atom. The number of nitro groups is 1. The van der Waals surface area contributed by atoms with Crippen molar-refractivity contribution in [1.82, 2.24) is 0 Å². The molecule has 3 aliphatic rings. The molecule has 0 N–H and O–H groups in total. The van der Waals surface area contributed by atoms with Gasteiger partial charge in [0.1, 0.15) is 0 Å². The van der Waals surface area contributed by atoms with E-state index in [1.807, 2.05) is 0 Å². The van der Waals surface area contributed by atoms with Crippen molar-refractivity contribution in [2.45, 2.75) is 25.7 Å². The fourth-order valence-electron chi connectivity index (χ4n) is 3.76. The molecule has 2 bridgehead atoms. The molecule has 3 rings (SSSR count). The van der Waals surface area contributed by atoms with Crippen LogP contribution in [0.4, 0.5) is 0 Å². The van der Waals surface area contributed by atoms with Crippen LogP contribution < -0.4 is 0 Å². The number of fused-ring (bicyclic) bond motifs is 1. The lowest BCUT2D eigenvalue weighted by molar-refractivity contribution is -0.405. The molecule has 4 atom stereocenters. The number of hydrogen-bond acceptors (Lipinski definition) is 2. The summed E-state index contributed by atoms with van der Waals surface area (Å²) in [7, 11) is 0. The van der Waals surface area contributed by atoms with E-state index in [4.69, 9.17) is 0 Å². The third-order valence-electron chi connectivity index (χ3n) is 4.22. The highest BCUT2D eigenvalue weighted by Crippen LogP contribution is 2.63. The molecule has 3 aliphatic carbocycles. The summed E-state index contributed by atoms with van der Waals surface area (Å²) in [4.78, 5) is 10.1. The molecule has 0 aromatic carbocycles. The highest BCUT2D eigenvalue weighted by atomic mass is 16.6. The average Bonchev–Trinajstić information content (AvgIpc) is 2.26. The first-order valence-corrected chi connectivity index (χ1v) is 5.11. The van der Waals surface area contributed by atoms with Gasteiger partial charge in [0.2, 0.25) is 6.20 Å². The van der Waals surface area contributed by atoms with Crippen LogP contribution in [0.3, 0.4) is 0 Å². The van der Waals surface area contributed by atoms with Crippen LogP contribution in [0.1, 0.15) is 25.7 Å². The lowest BCUT2D eigenvalue weighted by Gasteiger charge is -2.43. The summed E-state index contributed by atoms with van der Waals surface area (Å²) in [6.07, 6.45) is 6.41. The van der Waals surface area contributed by atoms with Crippen molar-refractivity contribution in [3.63, 3.8) is 0 Å². The van der Waals surface area contributed by atoms with E-state index in [1.165, 1.54) is 31.9 Å². The Bertz CT molecular complexity index is 289. The summed E-state index contributed by atoms with van der Waals surface area (Å²) in [5.41, 5.74) is 1.16. The molecule has 13 heavy (non-hydrogen) atoms. The van der Waals surface area contributed by atoms with Crippen molar-refractivity contribution in [2.75, 3.05) is 0 Å². The van der Waals surface area contributed by atoms with Gasteiger partial charge in [0.25, 0.3) is 0 Å². The fourth-order valence-corrected chi connectivity index (χ4v) is 3.76. The molecule has 0 aromatic rings. The van der Waals surface area contributed by atoms with Crippen molar-refractivity contribution >= 4 is 0 Å². The van der Waals surface area contributed by atoms with Gasteiger partial charge in [-0.15, -0.1) is 0 Å². The van der Waals surface area contributed by atoms with Gasteiger partial charge in [0.05, 0.1) is 4.92 Å². The van der Waals surface area contributed by atoms with E-state index in [0.717, 1.165) is 17.4 Å². The van der Waals surface area contributed by atoms with Crippen LogP contribution in [0.25, 0.3) is 0 Å². The lowest BCUT2D eigenvalue weighted by atomic mass is 9.60. The summed E-state index contributed by atoms with van der Waals surface area (Å²) in [5.74, 6) is 2.91. The SMILES string of the molecule is O=[N+]([O-])C=C1[C@H]2CC[C@@H]3C[C@H]2[C@H]1C3. The number of rotatable bonds is 1. The first-order valence-electron chi connectivity index (χ1n) is 5.11. The van der Waals surface area contributed by atoms with Gasteiger partial charge in [-0.2, -0.15) is 0 Å². The van der Waals surface area contributed by atoms with E-state index in [1.54, 1.807) is 0 Å². The third kappa shape index (κ3) is 0.901. The van der Waals surface area contributed by atoms with Gasteiger partial charge >= 0.3 is 0 Å². The van der Waals surface area contributed by atoms with Gasteiger partial charge in [-0.05, 0) is 49.4 Å². The monoisotopic (exact) mass is 179 g/mol. The third-order valence-corrected chi connectivity index (χ3v) is 4.22. The van der Waals surface area contributed by atoms with Crippen LogP contribution in [-0.2, 0) is 0 Å². The Hall–Kier alpha value is -0.860. The van der Waals surface area contributed by atoms with Gasteiger partial charge in [-0.1, -0.05) is 0 Å². The second kappa shape index (κ2) is 2.34. The smallest absolute Gasteiger partial charge is 0.234 e. The molecule has 0 spiro atoms. The molecule has 0 amide bonds. The summed E-state index contributed by atoms with van der Waals surface area (Å²) in [6.45, 7) is 0. The standard InChI is InChI=1S/C10H13NO2/c12-11(13)5-10-7-2-1-6-3-8(7)9(10)4-6/h5-9H,1-4H2/t6-,7+,8-,9-/m1/s1. The van der Waals surface area contributed by atoms with Crippen molar-refractivity contribution in [1.29, 1.82) is 0 Å². The molecule has 3 fully saturated rings. The zero-order valence-corrected chi connectivity index (χ0v) is 7.48. The minimum atomic E-state index is -0.267. The zero-order chi connectivity index (χ0) is 9.00. The van der Waals surface area contributed by atoms with E-state index >= 15 is 0 Å². The van der Waals surface area contributed by atoms with Crippen molar-refractivity contribution in [3.05, 3.63) is 21.9 Å². The maximum Gasteiger partial charge on any atom is 0.234 e. The molecule has 0 unspecified atom stereocenters. The zero-order valence-electron chi connectivity index (χ0n) is 7.48. The topological polar surface area (TPSA) is 43.1 Å². The molecular weight excluding hydrogens is 166 g/mol. The Kier molecular flexibility index (Phi) is 1.35. The summed E-state index contributed by atoms with van der Waals surface area (Å²) < 4.78 is 0. The fraction of sp³-hybridized carbons (Fsp3) is 0.800. The number of nitrogens with zero attached hydrogens (tertiary/aromatic N) is 1. The Balaban J connectivity index is 1.90. The predicted molar refractivity (Wildman–Crippen MR) is 47.5 cm³/mol. The quantitative estimate of drug-likeness (QED) is 0.457. The van der Waals surface area contributed by atoms with E-state index in [9.17, 15) is 10.1 Å². The number of allylic oxidation sites excluding steroid dienone is 1. The van der Waals surface area contributed by atoms with Crippen LogP contribution in [0.2, 0.25) is 0 Å². The molecule has 0 heterocycles. The molecule has 3 heteroatoms. The maximum atomic E-state index is 10.4. The summed E-state index contributed by atoms with van der Waals surface area (Å²) >= 11 is 0. The average molecular weight is 179 g/mol. The Morgan fingerprint density at radius 1 is 1.31 bits per heavy atom. The van der Waals surface area contributed by atoms with Crippen LogP contribution in [-0.4, -0.2) is 4.92 Å². The minimum Gasteiger partial charge on any atom is -0.259 e. The van der Waals surface area contributed by atoms with E-state index in [2.05, 4.69) is 0 Å². The van der Waals surface area contributed by atoms with E-state index < -0.39 is 0 Å². The first-order chi connectivity index (χ1) is 6.25.